The van der Waals surface area contributed by atoms with Gasteiger partial charge in [-0.05, 0) is 49.6 Å². The first-order valence-electron chi connectivity index (χ1n) is 11.6. The molecule has 0 fully saturated rings. The number of aryl methyl sites for hydroxylation is 3. The molecule has 0 spiro atoms. The summed E-state index contributed by atoms with van der Waals surface area (Å²) < 4.78 is 1.67. The molecule has 0 saturated heterocycles. The standard InChI is InChI=1S/C26H25N5O3S2/c1-4-20-15(3)22-23(36-20)30-26(31(24(22)33)12-16-7-5-14(2)6-8-16)35-13-21(32)27-17-9-10-18-19(11-17)29-25(34)28-18/h5-11H,4,12-13H2,1-3H3,(H,27,32)(H2,28,29,34). The number of imidazole rings is 1. The second-order valence-electron chi connectivity index (χ2n) is 8.63. The Kier molecular flexibility index (Phi) is 6.55. The van der Waals surface area contributed by atoms with Crippen molar-refractivity contribution in [2.45, 2.75) is 38.9 Å². The van der Waals surface area contributed by atoms with Crippen LogP contribution in [0.2, 0.25) is 0 Å². The summed E-state index contributed by atoms with van der Waals surface area (Å²) in [6, 6.07) is 13.2. The zero-order chi connectivity index (χ0) is 25.4. The van der Waals surface area contributed by atoms with Crippen molar-refractivity contribution in [2.75, 3.05) is 11.1 Å². The van der Waals surface area contributed by atoms with Gasteiger partial charge in [0.1, 0.15) is 4.83 Å². The molecule has 0 atom stereocenters. The number of aromatic amines is 2. The summed E-state index contributed by atoms with van der Waals surface area (Å²) >= 11 is 2.78. The maximum atomic E-state index is 13.6. The minimum Gasteiger partial charge on any atom is -0.325 e. The minimum absolute atomic E-state index is 0.0819. The number of thioether (sulfide) groups is 1. The predicted octanol–water partition coefficient (Wildman–Crippen LogP) is 4.59. The molecule has 2 aromatic carbocycles. The molecular formula is C26H25N5O3S2. The summed E-state index contributed by atoms with van der Waals surface area (Å²) in [5, 5.41) is 4.03. The van der Waals surface area contributed by atoms with Crippen LogP contribution in [0, 0.1) is 13.8 Å². The van der Waals surface area contributed by atoms with E-state index < -0.39 is 0 Å². The van der Waals surface area contributed by atoms with Gasteiger partial charge >= 0.3 is 5.69 Å². The number of hydrogen-bond acceptors (Lipinski definition) is 6. The van der Waals surface area contributed by atoms with E-state index in [1.807, 2.05) is 38.1 Å². The van der Waals surface area contributed by atoms with Gasteiger partial charge in [0.15, 0.2) is 5.16 Å². The van der Waals surface area contributed by atoms with Gasteiger partial charge in [-0.25, -0.2) is 9.78 Å². The molecule has 8 nitrogen and oxygen atoms in total. The molecule has 1 amide bonds. The van der Waals surface area contributed by atoms with Crippen LogP contribution in [0.4, 0.5) is 5.69 Å². The van der Waals surface area contributed by atoms with Crippen molar-refractivity contribution < 1.29 is 4.79 Å². The SMILES string of the molecule is CCc1sc2nc(SCC(=O)Nc3ccc4[nH]c(=O)[nH]c4c3)n(Cc3ccc(C)cc3)c(=O)c2c1C. The molecule has 0 bridgehead atoms. The molecule has 3 N–H and O–H groups in total. The zero-order valence-corrected chi connectivity index (χ0v) is 21.7. The fourth-order valence-corrected chi connectivity index (χ4v) is 6.10. The second-order valence-corrected chi connectivity index (χ2v) is 10.7. The molecule has 0 saturated carbocycles. The highest BCUT2D eigenvalue weighted by atomic mass is 32.2. The van der Waals surface area contributed by atoms with Gasteiger partial charge in [-0.2, -0.15) is 0 Å². The van der Waals surface area contributed by atoms with E-state index in [4.69, 9.17) is 4.98 Å². The Bertz CT molecular complexity index is 1710. The third-order valence-corrected chi connectivity index (χ3v) is 8.34. The summed E-state index contributed by atoms with van der Waals surface area (Å²) in [5.74, 6) is -0.150. The van der Waals surface area contributed by atoms with Gasteiger partial charge in [-0.15, -0.1) is 11.3 Å². The summed E-state index contributed by atoms with van der Waals surface area (Å²) in [4.78, 5) is 49.9. The number of anilines is 1. The third-order valence-electron chi connectivity index (χ3n) is 6.03. The predicted molar refractivity (Wildman–Crippen MR) is 147 cm³/mol. The molecule has 5 rings (SSSR count). The molecule has 0 aliphatic heterocycles. The van der Waals surface area contributed by atoms with Crippen LogP contribution in [0.15, 0.2) is 57.2 Å². The van der Waals surface area contributed by atoms with E-state index in [1.54, 1.807) is 22.8 Å². The fourth-order valence-electron chi connectivity index (χ4n) is 4.14. The number of amides is 1. The molecule has 5 aromatic rings. The largest absolute Gasteiger partial charge is 0.325 e. The fraction of sp³-hybridized carbons (Fsp3) is 0.231. The number of benzene rings is 2. The smallest absolute Gasteiger partial charge is 0.323 e. The highest BCUT2D eigenvalue weighted by Gasteiger charge is 2.19. The number of nitrogens with zero attached hydrogens (tertiary/aromatic N) is 2. The summed E-state index contributed by atoms with van der Waals surface area (Å²) in [7, 11) is 0. The second kappa shape index (κ2) is 9.79. The van der Waals surface area contributed by atoms with Gasteiger partial charge in [-0.1, -0.05) is 48.5 Å². The lowest BCUT2D eigenvalue weighted by Crippen LogP contribution is -2.24. The van der Waals surface area contributed by atoms with E-state index in [-0.39, 0.29) is 22.9 Å². The average molecular weight is 520 g/mol. The molecule has 0 radical (unpaired) electrons. The van der Waals surface area contributed by atoms with Crippen LogP contribution in [0.3, 0.4) is 0 Å². The topological polar surface area (TPSA) is 113 Å². The van der Waals surface area contributed by atoms with Crippen molar-refractivity contribution in [1.29, 1.82) is 0 Å². The third kappa shape index (κ3) is 4.74. The van der Waals surface area contributed by atoms with E-state index in [0.717, 1.165) is 28.0 Å². The van der Waals surface area contributed by atoms with Gasteiger partial charge in [0.25, 0.3) is 5.56 Å². The van der Waals surface area contributed by atoms with E-state index in [0.29, 0.717) is 38.6 Å². The van der Waals surface area contributed by atoms with Gasteiger partial charge < -0.3 is 15.3 Å². The minimum atomic E-state index is -0.299. The lowest BCUT2D eigenvalue weighted by Gasteiger charge is -2.13. The van der Waals surface area contributed by atoms with Crippen molar-refractivity contribution in [2.24, 2.45) is 0 Å². The van der Waals surface area contributed by atoms with Crippen LogP contribution in [0.5, 0.6) is 0 Å². The summed E-state index contributed by atoms with van der Waals surface area (Å²) in [6.45, 7) is 6.45. The number of rotatable bonds is 7. The Balaban J connectivity index is 1.43. The number of thiophene rings is 1. The lowest BCUT2D eigenvalue weighted by atomic mass is 10.1. The van der Waals surface area contributed by atoms with Crippen LogP contribution >= 0.6 is 23.1 Å². The number of fused-ring (bicyclic) bond motifs is 2. The highest BCUT2D eigenvalue weighted by molar-refractivity contribution is 7.99. The number of nitrogens with one attached hydrogen (secondary N) is 3. The van der Waals surface area contributed by atoms with Crippen molar-refractivity contribution in [1.82, 2.24) is 19.5 Å². The average Bonchev–Trinajstić information content (AvgIpc) is 3.38. The van der Waals surface area contributed by atoms with E-state index in [1.165, 1.54) is 23.1 Å². The van der Waals surface area contributed by atoms with Gasteiger partial charge in [-0.3, -0.25) is 14.2 Å². The van der Waals surface area contributed by atoms with Crippen molar-refractivity contribution >= 4 is 55.9 Å². The number of aromatic nitrogens is 4. The van der Waals surface area contributed by atoms with Crippen molar-refractivity contribution in [3.8, 4) is 0 Å². The normalized spacial score (nSPS) is 11.4. The van der Waals surface area contributed by atoms with E-state index in [9.17, 15) is 14.4 Å². The first kappa shape index (κ1) is 24.1. The highest BCUT2D eigenvalue weighted by Crippen LogP contribution is 2.30. The number of carbonyl (C=O) groups is 1. The lowest BCUT2D eigenvalue weighted by molar-refractivity contribution is -0.113. The molecule has 10 heteroatoms. The Morgan fingerprint density at radius 2 is 1.83 bits per heavy atom. The number of H-pyrrole nitrogens is 2. The Morgan fingerprint density at radius 3 is 2.58 bits per heavy atom. The van der Waals surface area contributed by atoms with Gasteiger partial charge in [0, 0.05) is 10.6 Å². The Morgan fingerprint density at radius 1 is 1.08 bits per heavy atom. The number of hydrogen-bond donors (Lipinski definition) is 3. The first-order chi connectivity index (χ1) is 17.3. The van der Waals surface area contributed by atoms with Crippen LogP contribution < -0.4 is 16.6 Å². The molecule has 0 aliphatic carbocycles. The summed E-state index contributed by atoms with van der Waals surface area (Å²) in [6.07, 6.45) is 0.839. The van der Waals surface area contributed by atoms with Gasteiger partial charge in [0.05, 0.1) is 28.7 Å². The van der Waals surface area contributed by atoms with Crippen LogP contribution in [0.1, 0.15) is 28.5 Å². The zero-order valence-electron chi connectivity index (χ0n) is 20.1. The van der Waals surface area contributed by atoms with Crippen LogP contribution in [-0.2, 0) is 17.8 Å². The first-order valence-corrected chi connectivity index (χ1v) is 13.4. The van der Waals surface area contributed by atoms with E-state index in [2.05, 4.69) is 22.2 Å². The molecule has 3 heterocycles. The maximum absolute atomic E-state index is 13.6. The Labute approximate surface area is 214 Å². The Hall–Kier alpha value is -3.63. The van der Waals surface area contributed by atoms with Gasteiger partial charge in [0.2, 0.25) is 5.91 Å². The quantitative estimate of drug-likeness (QED) is 0.215. The summed E-state index contributed by atoms with van der Waals surface area (Å²) in [5.41, 5.74) is 4.60. The maximum Gasteiger partial charge on any atom is 0.323 e. The van der Waals surface area contributed by atoms with Crippen LogP contribution in [-0.4, -0.2) is 31.2 Å². The van der Waals surface area contributed by atoms with E-state index >= 15 is 0 Å². The van der Waals surface area contributed by atoms with Crippen molar-refractivity contribution in [3.05, 3.63) is 84.9 Å². The molecule has 3 aromatic heterocycles. The monoisotopic (exact) mass is 519 g/mol. The van der Waals surface area contributed by atoms with Crippen molar-refractivity contribution in [3.63, 3.8) is 0 Å². The number of carbonyl (C=O) groups excluding carboxylic acids is 1. The molecular weight excluding hydrogens is 494 g/mol. The molecule has 184 valence electrons. The molecule has 0 unspecified atom stereocenters. The van der Waals surface area contributed by atoms with Crippen LogP contribution in [0.25, 0.3) is 21.3 Å². The molecule has 0 aliphatic rings. The molecule has 36 heavy (non-hydrogen) atoms.